The second-order valence-corrected chi connectivity index (χ2v) is 8.09. The van der Waals surface area contributed by atoms with Crippen LogP contribution in [-0.2, 0) is 6.42 Å². The molecule has 0 amide bonds. The van der Waals surface area contributed by atoms with Gasteiger partial charge in [0, 0.05) is 55.5 Å². The first-order valence-electron chi connectivity index (χ1n) is 9.03. The Bertz CT molecular complexity index is 670. The molecule has 0 aliphatic carbocycles. The lowest BCUT2D eigenvalue weighted by molar-refractivity contribution is 0.466. The molecule has 1 aromatic carbocycles. The van der Waals surface area contributed by atoms with Crippen molar-refractivity contribution < 1.29 is 0 Å². The van der Waals surface area contributed by atoms with Crippen molar-refractivity contribution in [3.63, 3.8) is 0 Å². The van der Waals surface area contributed by atoms with E-state index in [0.717, 1.165) is 26.1 Å². The van der Waals surface area contributed by atoms with Crippen molar-refractivity contribution in [2.24, 2.45) is 0 Å². The zero-order valence-corrected chi connectivity index (χ0v) is 15.5. The van der Waals surface area contributed by atoms with E-state index in [1.165, 1.54) is 35.3 Å². The van der Waals surface area contributed by atoms with Crippen LogP contribution in [0.5, 0.6) is 0 Å². The summed E-state index contributed by atoms with van der Waals surface area (Å²) in [6, 6.07) is 10.7. The predicted molar refractivity (Wildman–Crippen MR) is 105 cm³/mol. The molecule has 0 radical (unpaired) electrons. The Morgan fingerprint density at radius 3 is 2.67 bits per heavy atom. The minimum Gasteiger partial charge on any atom is -0.374 e. The lowest BCUT2D eigenvalue weighted by atomic mass is 10.0. The van der Waals surface area contributed by atoms with Crippen LogP contribution in [0.25, 0.3) is 0 Å². The van der Waals surface area contributed by atoms with E-state index < -0.39 is 0 Å². The molecule has 2 bridgehead atoms. The molecule has 2 saturated heterocycles. The molecule has 24 heavy (non-hydrogen) atoms. The summed E-state index contributed by atoms with van der Waals surface area (Å²) >= 11 is 1.76. The molecule has 1 aromatic heterocycles. The molecule has 1 N–H and O–H groups in total. The third-order valence-electron chi connectivity index (χ3n) is 5.57. The van der Waals surface area contributed by atoms with Crippen molar-refractivity contribution in [3.05, 3.63) is 46.2 Å². The Kier molecular flexibility index (Phi) is 4.51. The van der Waals surface area contributed by atoms with Gasteiger partial charge in [0.05, 0.1) is 0 Å². The second-order valence-electron chi connectivity index (χ2n) is 7.31. The molecule has 3 heterocycles. The van der Waals surface area contributed by atoms with Crippen LogP contribution in [-0.4, -0.2) is 38.8 Å². The van der Waals surface area contributed by atoms with Crippen LogP contribution < -0.4 is 15.1 Å². The van der Waals surface area contributed by atoms with Crippen LogP contribution in [0.2, 0.25) is 0 Å². The van der Waals surface area contributed by atoms with Crippen molar-refractivity contribution in [2.75, 3.05) is 36.5 Å². The van der Waals surface area contributed by atoms with Crippen LogP contribution in [0.3, 0.4) is 0 Å². The topological polar surface area (TPSA) is 18.5 Å². The molecule has 3 nitrogen and oxygen atoms in total. The SMILES string of the molecule is Cc1cc(N2CC3CCC(C2)N3)ccc1CCN(C)c1ccsc1. The van der Waals surface area contributed by atoms with E-state index in [1.54, 1.807) is 11.3 Å². The Morgan fingerprint density at radius 1 is 1.21 bits per heavy atom. The number of anilines is 2. The highest BCUT2D eigenvalue weighted by molar-refractivity contribution is 7.08. The molecule has 2 aliphatic rings. The van der Waals surface area contributed by atoms with Crippen molar-refractivity contribution in [1.29, 1.82) is 0 Å². The van der Waals surface area contributed by atoms with Crippen LogP contribution in [0.15, 0.2) is 35.0 Å². The molecular formula is C20H27N3S. The monoisotopic (exact) mass is 341 g/mol. The number of hydrogen-bond donors (Lipinski definition) is 1. The zero-order valence-electron chi connectivity index (χ0n) is 14.7. The maximum atomic E-state index is 3.72. The Balaban J connectivity index is 1.40. The summed E-state index contributed by atoms with van der Waals surface area (Å²) < 4.78 is 0. The summed E-state index contributed by atoms with van der Waals surface area (Å²) in [6.45, 7) is 5.65. The number of hydrogen-bond acceptors (Lipinski definition) is 4. The van der Waals surface area contributed by atoms with Gasteiger partial charge in [0.1, 0.15) is 0 Å². The third-order valence-corrected chi connectivity index (χ3v) is 6.24. The maximum absolute atomic E-state index is 3.72. The lowest BCUT2D eigenvalue weighted by Gasteiger charge is -2.35. The molecule has 2 atom stereocenters. The number of aryl methyl sites for hydroxylation is 1. The van der Waals surface area contributed by atoms with Gasteiger partial charge in [0.25, 0.3) is 0 Å². The van der Waals surface area contributed by atoms with Crippen molar-refractivity contribution in [3.8, 4) is 0 Å². The highest BCUT2D eigenvalue weighted by atomic mass is 32.1. The molecule has 2 unspecified atom stereocenters. The molecule has 2 fully saturated rings. The Hall–Kier alpha value is -1.52. The second kappa shape index (κ2) is 6.77. The van der Waals surface area contributed by atoms with E-state index in [9.17, 15) is 0 Å². The molecule has 2 aromatic rings. The first-order valence-corrected chi connectivity index (χ1v) is 9.97. The van der Waals surface area contributed by atoms with E-state index in [-0.39, 0.29) is 0 Å². The number of fused-ring (bicyclic) bond motifs is 2. The minimum atomic E-state index is 0.697. The third kappa shape index (κ3) is 3.31. The van der Waals surface area contributed by atoms with Gasteiger partial charge in [0.15, 0.2) is 0 Å². The normalized spacial score (nSPS) is 22.8. The van der Waals surface area contributed by atoms with Gasteiger partial charge < -0.3 is 15.1 Å². The highest BCUT2D eigenvalue weighted by Gasteiger charge is 2.32. The fourth-order valence-corrected chi connectivity index (χ4v) is 4.75. The summed E-state index contributed by atoms with van der Waals surface area (Å²) in [6.07, 6.45) is 3.78. The van der Waals surface area contributed by atoms with Crippen molar-refractivity contribution in [2.45, 2.75) is 38.3 Å². The Morgan fingerprint density at radius 2 is 2.00 bits per heavy atom. The number of benzene rings is 1. The number of likely N-dealkylation sites (N-methyl/N-ethyl adjacent to an activating group) is 1. The maximum Gasteiger partial charge on any atom is 0.0472 e. The summed E-state index contributed by atoms with van der Waals surface area (Å²) in [5.41, 5.74) is 5.63. The molecule has 2 aliphatic heterocycles. The number of rotatable bonds is 5. The van der Waals surface area contributed by atoms with Crippen molar-refractivity contribution >= 4 is 22.7 Å². The van der Waals surface area contributed by atoms with Crippen LogP contribution >= 0.6 is 11.3 Å². The lowest BCUT2D eigenvalue weighted by Crippen LogP contribution is -2.51. The fourth-order valence-electron chi connectivity index (χ4n) is 4.06. The summed E-state index contributed by atoms with van der Waals surface area (Å²) in [5, 5.41) is 8.08. The Labute approximate surface area is 149 Å². The van der Waals surface area contributed by atoms with E-state index in [4.69, 9.17) is 0 Å². The predicted octanol–water partition coefficient (Wildman–Crippen LogP) is 3.68. The van der Waals surface area contributed by atoms with E-state index in [0.29, 0.717) is 12.1 Å². The first kappa shape index (κ1) is 16.0. The van der Waals surface area contributed by atoms with E-state index >= 15 is 0 Å². The van der Waals surface area contributed by atoms with Gasteiger partial charge >= 0.3 is 0 Å². The average Bonchev–Trinajstić information content (AvgIpc) is 3.23. The van der Waals surface area contributed by atoms with E-state index in [1.807, 2.05) is 0 Å². The average molecular weight is 342 g/mol. The zero-order chi connectivity index (χ0) is 16.5. The fraction of sp³-hybridized carbons (Fsp3) is 0.500. The number of nitrogens with zero attached hydrogens (tertiary/aromatic N) is 2. The minimum absolute atomic E-state index is 0.697. The quantitative estimate of drug-likeness (QED) is 0.895. The van der Waals surface area contributed by atoms with Gasteiger partial charge in [-0.2, -0.15) is 11.3 Å². The highest BCUT2D eigenvalue weighted by Crippen LogP contribution is 2.27. The van der Waals surface area contributed by atoms with Gasteiger partial charge in [-0.25, -0.2) is 0 Å². The molecule has 4 rings (SSSR count). The number of piperazine rings is 1. The summed E-state index contributed by atoms with van der Waals surface area (Å²) in [4.78, 5) is 4.92. The summed E-state index contributed by atoms with van der Waals surface area (Å²) in [7, 11) is 2.18. The van der Waals surface area contributed by atoms with Gasteiger partial charge in [-0.1, -0.05) is 6.07 Å². The molecule has 4 heteroatoms. The largest absolute Gasteiger partial charge is 0.374 e. The van der Waals surface area contributed by atoms with Crippen molar-refractivity contribution in [1.82, 2.24) is 5.32 Å². The molecular weight excluding hydrogens is 314 g/mol. The standard InChI is InChI=1S/C20H27N3S/c1-15-11-19(23-12-17-4-5-18(13-23)21-17)6-3-16(15)7-9-22(2)20-8-10-24-14-20/h3,6,8,10-11,14,17-18,21H,4-5,7,9,12-13H2,1-2H3. The van der Waals surface area contributed by atoms with Crippen LogP contribution in [0, 0.1) is 6.92 Å². The number of nitrogens with one attached hydrogen (secondary N) is 1. The van der Waals surface area contributed by atoms with Gasteiger partial charge in [-0.3, -0.25) is 0 Å². The molecule has 128 valence electrons. The first-order chi connectivity index (χ1) is 11.7. The van der Waals surface area contributed by atoms with E-state index in [2.05, 4.69) is 64.1 Å². The van der Waals surface area contributed by atoms with Crippen LogP contribution in [0.1, 0.15) is 24.0 Å². The number of thiophene rings is 1. The van der Waals surface area contributed by atoms with Gasteiger partial charge in [-0.05, 0) is 60.9 Å². The summed E-state index contributed by atoms with van der Waals surface area (Å²) in [5.74, 6) is 0. The molecule has 0 spiro atoms. The smallest absolute Gasteiger partial charge is 0.0472 e. The molecule has 0 saturated carbocycles. The van der Waals surface area contributed by atoms with Crippen LogP contribution in [0.4, 0.5) is 11.4 Å². The van der Waals surface area contributed by atoms with Gasteiger partial charge in [0.2, 0.25) is 0 Å². The van der Waals surface area contributed by atoms with Gasteiger partial charge in [-0.15, -0.1) is 0 Å².